The minimum Gasteiger partial charge on any atom is -0.336 e. The third kappa shape index (κ3) is 5.14. The molecule has 0 aromatic heterocycles. The van der Waals surface area contributed by atoms with Gasteiger partial charge in [0, 0.05) is 11.5 Å². The van der Waals surface area contributed by atoms with E-state index in [-0.39, 0.29) is 29.8 Å². The van der Waals surface area contributed by atoms with Crippen molar-refractivity contribution in [3.63, 3.8) is 0 Å². The Morgan fingerprint density at radius 1 is 1.00 bits per heavy atom. The Morgan fingerprint density at radius 2 is 1.55 bits per heavy atom. The quantitative estimate of drug-likeness (QED) is 0.831. The Bertz CT molecular complexity index is 339. The maximum absolute atomic E-state index is 12.6. The Kier molecular flexibility index (Phi) is 6.03. The molecule has 0 aliphatic heterocycles. The molecular weight excluding hydrogens is 252 g/mol. The van der Waals surface area contributed by atoms with Gasteiger partial charge in [0.15, 0.2) is 5.78 Å². The highest BCUT2D eigenvalue weighted by Gasteiger charge is 2.36. The van der Waals surface area contributed by atoms with Crippen molar-refractivity contribution >= 4 is 11.8 Å². The highest BCUT2D eigenvalue weighted by atomic mass is 16.2. The molecule has 0 aromatic rings. The number of hydrogen-bond donors (Lipinski definition) is 2. The van der Waals surface area contributed by atoms with Crippen molar-refractivity contribution in [1.82, 2.24) is 10.6 Å². The molecule has 0 radical (unpaired) electrons. The smallest absolute Gasteiger partial charge is 0.315 e. The summed E-state index contributed by atoms with van der Waals surface area (Å²) < 4.78 is 0. The average Bonchev–Trinajstić information content (AvgIpc) is 2.34. The highest BCUT2D eigenvalue weighted by Crippen LogP contribution is 2.30. The standard InChI is InChI=1S/C16H30N2O2/c1-11(2)17-15(20)18-13(14(19)16(3,4)5)12-9-7-6-8-10-12/h11-13H,6-10H2,1-5H3,(H2,17,18,20)/t13-/m0/s1. The average molecular weight is 282 g/mol. The van der Waals surface area contributed by atoms with E-state index >= 15 is 0 Å². The molecule has 1 aliphatic carbocycles. The van der Waals surface area contributed by atoms with E-state index in [2.05, 4.69) is 10.6 Å². The van der Waals surface area contributed by atoms with Crippen LogP contribution in [-0.4, -0.2) is 23.9 Å². The monoisotopic (exact) mass is 282 g/mol. The van der Waals surface area contributed by atoms with Crippen molar-refractivity contribution in [3.05, 3.63) is 0 Å². The first-order chi connectivity index (χ1) is 9.21. The van der Waals surface area contributed by atoms with E-state index in [4.69, 9.17) is 0 Å². The molecule has 1 atom stereocenters. The molecule has 1 rings (SSSR count). The number of Topliss-reactive ketones (excluding diaryl/α,β-unsaturated/α-hetero) is 1. The maximum atomic E-state index is 12.6. The van der Waals surface area contributed by atoms with E-state index in [1.807, 2.05) is 34.6 Å². The number of amides is 2. The maximum Gasteiger partial charge on any atom is 0.315 e. The van der Waals surface area contributed by atoms with Crippen LogP contribution in [0.2, 0.25) is 0 Å². The van der Waals surface area contributed by atoms with Crippen molar-refractivity contribution in [1.29, 1.82) is 0 Å². The summed E-state index contributed by atoms with van der Waals surface area (Å²) in [4.78, 5) is 24.6. The van der Waals surface area contributed by atoms with E-state index in [9.17, 15) is 9.59 Å². The van der Waals surface area contributed by atoms with Gasteiger partial charge >= 0.3 is 6.03 Å². The van der Waals surface area contributed by atoms with Gasteiger partial charge in [-0.3, -0.25) is 4.79 Å². The van der Waals surface area contributed by atoms with Gasteiger partial charge in [-0.25, -0.2) is 4.79 Å². The van der Waals surface area contributed by atoms with Gasteiger partial charge in [-0.1, -0.05) is 40.0 Å². The zero-order valence-corrected chi connectivity index (χ0v) is 13.6. The molecule has 20 heavy (non-hydrogen) atoms. The van der Waals surface area contributed by atoms with E-state index < -0.39 is 5.41 Å². The summed E-state index contributed by atoms with van der Waals surface area (Å²) in [5.74, 6) is 0.427. The van der Waals surface area contributed by atoms with E-state index in [0.717, 1.165) is 25.7 Å². The summed E-state index contributed by atoms with van der Waals surface area (Å²) in [6, 6.07) is -0.506. The molecule has 1 aliphatic rings. The zero-order chi connectivity index (χ0) is 15.3. The lowest BCUT2D eigenvalue weighted by atomic mass is 9.76. The third-order valence-electron chi connectivity index (χ3n) is 3.85. The van der Waals surface area contributed by atoms with Gasteiger partial charge in [0.25, 0.3) is 0 Å². The number of hydrogen-bond acceptors (Lipinski definition) is 2. The van der Waals surface area contributed by atoms with Crippen LogP contribution in [0.5, 0.6) is 0 Å². The molecule has 0 unspecified atom stereocenters. The predicted molar refractivity (Wildman–Crippen MR) is 81.6 cm³/mol. The first-order valence-corrected chi connectivity index (χ1v) is 7.83. The Labute approximate surface area is 123 Å². The van der Waals surface area contributed by atoms with Crippen LogP contribution in [0.15, 0.2) is 0 Å². The fourth-order valence-electron chi connectivity index (χ4n) is 2.78. The Morgan fingerprint density at radius 3 is 2.00 bits per heavy atom. The molecule has 1 saturated carbocycles. The summed E-state index contributed by atoms with van der Waals surface area (Å²) in [5.41, 5.74) is -0.423. The minimum atomic E-state index is -0.423. The van der Waals surface area contributed by atoms with Crippen LogP contribution < -0.4 is 10.6 Å². The van der Waals surface area contributed by atoms with E-state index in [0.29, 0.717) is 0 Å². The minimum absolute atomic E-state index is 0.0757. The lowest BCUT2D eigenvalue weighted by molar-refractivity contribution is -0.129. The van der Waals surface area contributed by atoms with E-state index in [1.165, 1.54) is 6.42 Å². The fourth-order valence-corrected chi connectivity index (χ4v) is 2.78. The molecule has 4 nitrogen and oxygen atoms in total. The number of nitrogens with one attached hydrogen (secondary N) is 2. The number of ketones is 1. The van der Waals surface area contributed by atoms with E-state index in [1.54, 1.807) is 0 Å². The second-order valence-electron chi connectivity index (χ2n) is 7.26. The van der Waals surface area contributed by atoms with Crippen LogP contribution in [0.25, 0.3) is 0 Å². The number of carbonyl (C=O) groups is 2. The topological polar surface area (TPSA) is 58.2 Å². The molecule has 0 aromatic carbocycles. The summed E-state index contributed by atoms with van der Waals surface area (Å²) in [6.45, 7) is 9.61. The van der Waals surface area contributed by atoms with Gasteiger partial charge in [-0.2, -0.15) is 0 Å². The lowest BCUT2D eigenvalue weighted by Crippen LogP contribution is -2.54. The zero-order valence-electron chi connectivity index (χ0n) is 13.6. The SMILES string of the molecule is CC(C)NC(=O)N[C@H](C(=O)C(C)(C)C)C1CCCCC1. The van der Waals surface area contributed by atoms with Crippen LogP contribution in [0, 0.1) is 11.3 Å². The molecule has 0 bridgehead atoms. The van der Waals surface area contributed by atoms with Gasteiger partial charge < -0.3 is 10.6 Å². The highest BCUT2D eigenvalue weighted by molar-refractivity contribution is 5.92. The van der Waals surface area contributed by atoms with Crippen LogP contribution in [0.4, 0.5) is 4.79 Å². The number of rotatable bonds is 4. The lowest BCUT2D eigenvalue weighted by Gasteiger charge is -2.34. The molecule has 0 heterocycles. The second kappa shape index (κ2) is 7.09. The molecule has 1 fully saturated rings. The fraction of sp³-hybridized carbons (Fsp3) is 0.875. The van der Waals surface area contributed by atoms with Crippen molar-refractivity contribution in [3.8, 4) is 0 Å². The normalized spacial score (nSPS) is 18.7. The predicted octanol–water partition coefficient (Wildman–Crippen LogP) is 3.26. The molecule has 4 heteroatoms. The van der Waals surface area contributed by atoms with Crippen LogP contribution in [0.3, 0.4) is 0 Å². The number of carbonyl (C=O) groups excluding carboxylic acids is 2. The van der Waals surface area contributed by atoms with Gasteiger partial charge in [-0.15, -0.1) is 0 Å². The van der Waals surface area contributed by atoms with Crippen LogP contribution in [0.1, 0.15) is 66.7 Å². The Hall–Kier alpha value is -1.06. The van der Waals surface area contributed by atoms with Crippen LogP contribution >= 0.6 is 0 Å². The summed E-state index contributed by atoms with van der Waals surface area (Å²) in [5, 5.41) is 5.74. The molecule has 2 N–H and O–H groups in total. The second-order valence-corrected chi connectivity index (χ2v) is 7.26. The van der Waals surface area contributed by atoms with Gasteiger partial charge in [0.05, 0.1) is 6.04 Å². The van der Waals surface area contributed by atoms with Gasteiger partial charge in [0.2, 0.25) is 0 Å². The largest absolute Gasteiger partial charge is 0.336 e. The van der Waals surface area contributed by atoms with Crippen molar-refractivity contribution in [2.75, 3.05) is 0 Å². The third-order valence-corrected chi connectivity index (χ3v) is 3.85. The molecule has 2 amide bonds. The first kappa shape index (κ1) is 17.0. The molecule has 0 saturated heterocycles. The molecule has 116 valence electrons. The molecule has 0 spiro atoms. The first-order valence-electron chi connectivity index (χ1n) is 7.83. The van der Waals surface area contributed by atoms with Gasteiger partial charge in [-0.05, 0) is 32.6 Å². The van der Waals surface area contributed by atoms with Crippen molar-refractivity contribution in [2.45, 2.75) is 78.8 Å². The van der Waals surface area contributed by atoms with Crippen LogP contribution in [-0.2, 0) is 4.79 Å². The summed E-state index contributed by atoms with van der Waals surface area (Å²) in [7, 11) is 0. The number of urea groups is 1. The Balaban J connectivity index is 2.78. The van der Waals surface area contributed by atoms with Gasteiger partial charge in [0.1, 0.15) is 0 Å². The summed E-state index contributed by atoms with van der Waals surface area (Å²) >= 11 is 0. The van der Waals surface area contributed by atoms with Crippen molar-refractivity contribution in [2.24, 2.45) is 11.3 Å². The summed E-state index contributed by atoms with van der Waals surface area (Å²) in [6.07, 6.45) is 5.63. The van der Waals surface area contributed by atoms with Crippen molar-refractivity contribution < 1.29 is 9.59 Å². The molecular formula is C16H30N2O2.